The van der Waals surface area contributed by atoms with Crippen LogP contribution < -0.4 is 5.84 Å². The summed E-state index contributed by atoms with van der Waals surface area (Å²) in [7, 11) is 1.16. The number of rotatable bonds is 2. The Balaban J connectivity index is 2.35. The van der Waals surface area contributed by atoms with Crippen LogP contribution in [0.15, 0.2) is 42.6 Å². The number of hydrazine groups is 1. The minimum absolute atomic E-state index is 0.235. The van der Waals surface area contributed by atoms with Crippen molar-refractivity contribution in [1.82, 2.24) is 9.99 Å². The summed E-state index contributed by atoms with van der Waals surface area (Å²) in [5.41, 5.74) is 1.76. The first-order valence-electron chi connectivity index (χ1n) is 5.55. The van der Waals surface area contributed by atoms with Crippen molar-refractivity contribution in [1.29, 1.82) is 0 Å². The second kappa shape index (κ2) is 5.36. The highest BCUT2D eigenvalue weighted by molar-refractivity contribution is 6.05. The molecule has 3 N–H and O–H groups in total. The van der Waals surface area contributed by atoms with Gasteiger partial charge in [0.05, 0.1) is 7.11 Å². The lowest BCUT2D eigenvalue weighted by atomic mass is 10.1. The number of imide groups is 1. The fourth-order valence-corrected chi connectivity index (χ4v) is 1.71. The Morgan fingerprint density at radius 1 is 1.21 bits per heavy atom. The van der Waals surface area contributed by atoms with Crippen molar-refractivity contribution in [2.24, 2.45) is 5.84 Å². The third kappa shape index (κ3) is 2.48. The molecule has 0 aliphatic heterocycles. The lowest BCUT2D eigenvalue weighted by Gasteiger charge is -2.13. The van der Waals surface area contributed by atoms with Gasteiger partial charge in [0.25, 0.3) is 5.91 Å². The second-order valence-electron chi connectivity index (χ2n) is 3.78. The van der Waals surface area contributed by atoms with Gasteiger partial charge in [0.15, 0.2) is 0 Å². The van der Waals surface area contributed by atoms with E-state index in [1.165, 1.54) is 0 Å². The van der Waals surface area contributed by atoms with E-state index < -0.39 is 12.0 Å². The minimum Gasteiger partial charge on any atom is -0.451 e. The molecule has 2 rings (SSSR count). The highest BCUT2D eigenvalue weighted by atomic mass is 16.5. The molecule has 2 aromatic rings. The molecular weight excluding hydrogens is 246 g/mol. The average molecular weight is 259 g/mol. The molecule has 19 heavy (non-hydrogen) atoms. The van der Waals surface area contributed by atoms with Crippen molar-refractivity contribution in [3.63, 3.8) is 0 Å². The summed E-state index contributed by atoms with van der Waals surface area (Å²) in [5.74, 6) is 4.74. The molecule has 0 spiro atoms. The van der Waals surface area contributed by atoms with Crippen LogP contribution in [0, 0.1) is 0 Å². The standard InChI is InChI=1S/C13H13N3O3/c1-19-13(18)16(14)12(17)11-10(7-8-15-11)9-5-3-2-4-6-9/h2-8,15H,14H2,1H3. The number of ether oxygens (including phenoxy) is 1. The molecule has 0 aliphatic rings. The van der Waals surface area contributed by atoms with E-state index in [2.05, 4.69) is 9.72 Å². The van der Waals surface area contributed by atoms with E-state index in [9.17, 15) is 9.59 Å². The number of nitrogens with zero attached hydrogens (tertiary/aromatic N) is 1. The zero-order valence-corrected chi connectivity index (χ0v) is 10.3. The summed E-state index contributed by atoms with van der Waals surface area (Å²) >= 11 is 0. The highest BCUT2D eigenvalue weighted by Crippen LogP contribution is 2.23. The molecule has 0 aliphatic carbocycles. The molecule has 0 radical (unpaired) electrons. The summed E-state index contributed by atoms with van der Waals surface area (Å²) in [6, 6.07) is 11.1. The van der Waals surface area contributed by atoms with E-state index >= 15 is 0 Å². The number of carbonyl (C=O) groups is 2. The monoisotopic (exact) mass is 259 g/mol. The van der Waals surface area contributed by atoms with Gasteiger partial charge in [-0.25, -0.2) is 10.6 Å². The number of hydrogen-bond donors (Lipinski definition) is 2. The van der Waals surface area contributed by atoms with Crippen LogP contribution >= 0.6 is 0 Å². The number of amides is 2. The van der Waals surface area contributed by atoms with Gasteiger partial charge in [0, 0.05) is 11.8 Å². The number of methoxy groups -OCH3 is 1. The number of carbonyl (C=O) groups excluding carboxylic acids is 2. The Morgan fingerprint density at radius 3 is 2.53 bits per heavy atom. The van der Waals surface area contributed by atoms with Crippen LogP contribution in [-0.4, -0.2) is 29.1 Å². The molecule has 0 unspecified atom stereocenters. The first-order chi connectivity index (χ1) is 9.15. The molecule has 0 saturated heterocycles. The van der Waals surface area contributed by atoms with Gasteiger partial charge in [-0.05, 0) is 11.6 Å². The molecule has 2 amide bonds. The number of aromatic nitrogens is 1. The molecule has 98 valence electrons. The summed E-state index contributed by atoms with van der Waals surface area (Å²) in [6.45, 7) is 0. The van der Waals surface area contributed by atoms with E-state index in [1.807, 2.05) is 30.3 Å². The number of aromatic amines is 1. The Hall–Kier alpha value is -2.60. The fraction of sp³-hybridized carbons (Fsp3) is 0.0769. The predicted octanol–water partition coefficient (Wildman–Crippen LogP) is 1.76. The third-order valence-corrected chi connectivity index (χ3v) is 2.64. The minimum atomic E-state index is -0.918. The molecule has 1 heterocycles. The van der Waals surface area contributed by atoms with Gasteiger partial charge in [0.2, 0.25) is 0 Å². The average Bonchev–Trinajstić information content (AvgIpc) is 2.95. The highest BCUT2D eigenvalue weighted by Gasteiger charge is 2.23. The number of nitrogens with one attached hydrogen (secondary N) is 1. The van der Waals surface area contributed by atoms with Gasteiger partial charge in [-0.1, -0.05) is 30.3 Å². The number of H-pyrrole nitrogens is 1. The van der Waals surface area contributed by atoms with Gasteiger partial charge >= 0.3 is 6.09 Å². The summed E-state index contributed by atoms with van der Waals surface area (Å²) in [5, 5.41) is 0.429. The lowest BCUT2D eigenvalue weighted by molar-refractivity contribution is 0.0702. The quantitative estimate of drug-likeness (QED) is 0.488. The molecule has 0 atom stereocenters. The number of nitrogens with two attached hydrogens (primary N) is 1. The summed E-state index contributed by atoms with van der Waals surface area (Å²) in [4.78, 5) is 26.1. The Bertz CT molecular complexity index is 592. The van der Waals surface area contributed by atoms with Gasteiger partial charge in [0.1, 0.15) is 5.69 Å². The van der Waals surface area contributed by atoms with Crippen LogP contribution in [0.3, 0.4) is 0 Å². The second-order valence-corrected chi connectivity index (χ2v) is 3.78. The first-order valence-corrected chi connectivity index (χ1v) is 5.55. The fourth-order valence-electron chi connectivity index (χ4n) is 1.71. The van der Waals surface area contributed by atoms with Crippen LogP contribution in [-0.2, 0) is 4.74 Å². The SMILES string of the molecule is COC(=O)N(N)C(=O)c1[nH]ccc1-c1ccccc1. The van der Waals surface area contributed by atoms with E-state index in [1.54, 1.807) is 12.3 Å². The smallest absolute Gasteiger partial charge is 0.431 e. The largest absolute Gasteiger partial charge is 0.451 e. The summed E-state index contributed by atoms with van der Waals surface area (Å²) < 4.78 is 4.40. The molecule has 1 aromatic carbocycles. The maximum atomic E-state index is 12.1. The van der Waals surface area contributed by atoms with Crippen LogP contribution in [0.1, 0.15) is 10.5 Å². The van der Waals surface area contributed by atoms with Gasteiger partial charge < -0.3 is 9.72 Å². The van der Waals surface area contributed by atoms with Gasteiger partial charge in [-0.15, -0.1) is 0 Å². The van der Waals surface area contributed by atoms with Crippen molar-refractivity contribution >= 4 is 12.0 Å². The maximum Gasteiger partial charge on any atom is 0.431 e. The van der Waals surface area contributed by atoms with E-state index in [0.717, 1.165) is 12.7 Å². The van der Waals surface area contributed by atoms with Gasteiger partial charge in [-0.2, -0.15) is 5.01 Å². The summed E-state index contributed by atoms with van der Waals surface area (Å²) in [6.07, 6.45) is 0.694. The van der Waals surface area contributed by atoms with Crippen LogP contribution in [0.25, 0.3) is 11.1 Å². The van der Waals surface area contributed by atoms with Crippen molar-refractivity contribution in [3.8, 4) is 11.1 Å². The molecule has 6 nitrogen and oxygen atoms in total. The predicted molar refractivity (Wildman–Crippen MR) is 69.0 cm³/mol. The molecular formula is C13H13N3O3. The van der Waals surface area contributed by atoms with Crippen LogP contribution in [0.5, 0.6) is 0 Å². The molecule has 0 fully saturated rings. The molecule has 0 bridgehead atoms. The maximum absolute atomic E-state index is 12.1. The van der Waals surface area contributed by atoms with E-state index in [4.69, 9.17) is 5.84 Å². The lowest BCUT2D eigenvalue weighted by Crippen LogP contribution is -2.42. The first kappa shape index (κ1) is 12.8. The number of benzene rings is 1. The van der Waals surface area contributed by atoms with E-state index in [0.29, 0.717) is 10.6 Å². The van der Waals surface area contributed by atoms with Crippen LogP contribution in [0.2, 0.25) is 0 Å². The Morgan fingerprint density at radius 2 is 1.89 bits per heavy atom. The Labute approximate surface area is 109 Å². The van der Waals surface area contributed by atoms with Gasteiger partial charge in [-0.3, -0.25) is 4.79 Å². The third-order valence-electron chi connectivity index (χ3n) is 2.64. The molecule has 6 heteroatoms. The van der Waals surface area contributed by atoms with Crippen molar-refractivity contribution in [2.75, 3.05) is 7.11 Å². The number of hydrogen-bond acceptors (Lipinski definition) is 4. The zero-order chi connectivity index (χ0) is 13.8. The molecule has 0 saturated carbocycles. The van der Waals surface area contributed by atoms with Crippen molar-refractivity contribution in [2.45, 2.75) is 0 Å². The topological polar surface area (TPSA) is 88.4 Å². The van der Waals surface area contributed by atoms with Crippen molar-refractivity contribution in [3.05, 3.63) is 48.3 Å². The molecule has 1 aromatic heterocycles. The van der Waals surface area contributed by atoms with Crippen LogP contribution in [0.4, 0.5) is 4.79 Å². The normalized spacial score (nSPS) is 10.0. The van der Waals surface area contributed by atoms with Crippen molar-refractivity contribution < 1.29 is 14.3 Å². The van der Waals surface area contributed by atoms with E-state index in [-0.39, 0.29) is 5.69 Å². The zero-order valence-electron chi connectivity index (χ0n) is 10.3. The Kier molecular flexibility index (Phi) is 3.63.